The minimum absolute atomic E-state index is 0.550. The zero-order chi connectivity index (χ0) is 17.9. The molecule has 144 valence electrons. The van der Waals surface area contributed by atoms with Crippen LogP contribution in [0.5, 0.6) is 0 Å². The third-order valence-electron chi connectivity index (χ3n) is 6.15. The second-order valence-corrected chi connectivity index (χ2v) is 7.88. The molecule has 4 heterocycles. The van der Waals surface area contributed by atoms with Crippen molar-refractivity contribution < 1.29 is 0 Å². The summed E-state index contributed by atoms with van der Waals surface area (Å²) in [6.07, 6.45) is 5.12. The van der Waals surface area contributed by atoms with Crippen molar-refractivity contribution in [2.45, 2.75) is 51.2 Å². The van der Waals surface area contributed by atoms with Crippen LogP contribution in [0.2, 0.25) is 0 Å². The number of guanidine groups is 1. The van der Waals surface area contributed by atoms with Crippen LogP contribution in [0.15, 0.2) is 4.99 Å². The van der Waals surface area contributed by atoms with Crippen molar-refractivity contribution in [3.8, 4) is 0 Å². The van der Waals surface area contributed by atoms with E-state index in [-0.39, 0.29) is 0 Å². The Labute approximate surface area is 156 Å². The van der Waals surface area contributed by atoms with E-state index in [4.69, 9.17) is 4.99 Å². The van der Waals surface area contributed by atoms with E-state index in [1.54, 1.807) is 0 Å². The molecule has 8 heteroatoms. The Kier molecular flexibility index (Phi) is 5.40. The van der Waals surface area contributed by atoms with Crippen molar-refractivity contribution in [3.05, 3.63) is 11.6 Å². The van der Waals surface area contributed by atoms with Gasteiger partial charge < -0.3 is 15.2 Å². The van der Waals surface area contributed by atoms with Crippen LogP contribution in [-0.2, 0) is 13.6 Å². The first-order valence-corrected chi connectivity index (χ1v) is 10.0. The Bertz CT molecular complexity index is 625. The molecule has 4 aliphatic rings. The molecule has 1 saturated carbocycles. The van der Waals surface area contributed by atoms with Gasteiger partial charge in [0, 0.05) is 58.4 Å². The van der Waals surface area contributed by atoms with Crippen molar-refractivity contribution in [3.63, 3.8) is 0 Å². The summed E-state index contributed by atoms with van der Waals surface area (Å²) >= 11 is 0. The maximum atomic E-state index is 4.82. The largest absolute Gasteiger partial charge is 0.355 e. The molecule has 1 aliphatic carbocycles. The fourth-order valence-electron chi connectivity index (χ4n) is 4.29. The van der Waals surface area contributed by atoms with Gasteiger partial charge in [0.05, 0.1) is 0 Å². The number of aromatic nitrogens is 3. The number of fused-ring (bicyclic) bond motifs is 3. The van der Waals surface area contributed by atoms with E-state index in [9.17, 15) is 0 Å². The number of piperazine rings is 3. The Morgan fingerprint density at radius 2 is 1.92 bits per heavy atom. The Morgan fingerprint density at radius 1 is 1.15 bits per heavy atom. The lowest BCUT2D eigenvalue weighted by atomic mass is 10.1. The molecule has 26 heavy (non-hydrogen) atoms. The molecule has 0 aromatic carbocycles. The highest BCUT2D eigenvalue weighted by Crippen LogP contribution is 2.18. The van der Waals surface area contributed by atoms with E-state index in [0.717, 1.165) is 24.2 Å². The standard InChI is InChI=1S/C18H32N8/c1-14-22-23-17(24(14)2)12-20-18(21-15-5-3-4-6-15)19-11-16-13-25-7-9-26(16)10-8-25/h15-16H,3-13H2,1-2H3,(H2,19,20,21). The summed E-state index contributed by atoms with van der Waals surface area (Å²) in [5, 5.41) is 15.6. The molecule has 2 bridgehead atoms. The van der Waals surface area contributed by atoms with Crippen LogP contribution >= 0.6 is 0 Å². The monoisotopic (exact) mass is 360 g/mol. The van der Waals surface area contributed by atoms with Gasteiger partial charge >= 0.3 is 0 Å². The summed E-state index contributed by atoms with van der Waals surface area (Å²) in [4.78, 5) is 10.0. The summed E-state index contributed by atoms with van der Waals surface area (Å²) in [7, 11) is 2.00. The smallest absolute Gasteiger partial charge is 0.191 e. The van der Waals surface area contributed by atoms with Gasteiger partial charge in [-0.2, -0.15) is 0 Å². The van der Waals surface area contributed by atoms with Crippen LogP contribution < -0.4 is 10.6 Å². The summed E-state index contributed by atoms with van der Waals surface area (Å²) in [6, 6.07) is 1.14. The molecule has 2 N–H and O–H groups in total. The van der Waals surface area contributed by atoms with Crippen LogP contribution in [0.3, 0.4) is 0 Å². The van der Waals surface area contributed by atoms with Gasteiger partial charge in [0.2, 0.25) is 0 Å². The van der Waals surface area contributed by atoms with E-state index in [0.29, 0.717) is 18.6 Å². The highest BCUT2D eigenvalue weighted by Gasteiger charge is 2.31. The summed E-state index contributed by atoms with van der Waals surface area (Å²) < 4.78 is 2.01. The minimum atomic E-state index is 0.550. The molecule has 8 nitrogen and oxygen atoms in total. The third-order valence-corrected chi connectivity index (χ3v) is 6.15. The number of nitrogens with one attached hydrogen (secondary N) is 2. The van der Waals surface area contributed by atoms with Crippen LogP contribution in [0, 0.1) is 6.92 Å². The van der Waals surface area contributed by atoms with Crippen LogP contribution in [0.1, 0.15) is 37.3 Å². The molecule has 1 unspecified atom stereocenters. The second kappa shape index (κ2) is 7.92. The number of aryl methyl sites for hydroxylation is 1. The first-order chi connectivity index (χ1) is 12.7. The molecule has 0 amide bonds. The number of nitrogens with zero attached hydrogens (tertiary/aromatic N) is 6. The van der Waals surface area contributed by atoms with E-state index in [1.807, 2.05) is 18.5 Å². The zero-order valence-electron chi connectivity index (χ0n) is 16.1. The van der Waals surface area contributed by atoms with E-state index in [2.05, 4.69) is 30.6 Å². The number of aliphatic imine (C=N–C) groups is 1. The average Bonchev–Trinajstić information content (AvgIpc) is 3.29. The first-order valence-electron chi connectivity index (χ1n) is 10.0. The SMILES string of the molecule is Cc1nnc(CN=C(NCC2CN3CCN2CC3)NC2CCCC2)n1C. The van der Waals surface area contributed by atoms with Gasteiger partial charge in [-0.15, -0.1) is 10.2 Å². The average molecular weight is 361 g/mol. The maximum Gasteiger partial charge on any atom is 0.191 e. The van der Waals surface area contributed by atoms with Gasteiger partial charge in [0.25, 0.3) is 0 Å². The molecule has 1 aromatic rings. The molecular weight excluding hydrogens is 328 g/mol. The van der Waals surface area contributed by atoms with Crippen molar-refractivity contribution in [1.82, 2.24) is 35.2 Å². The quantitative estimate of drug-likeness (QED) is 0.573. The van der Waals surface area contributed by atoms with Crippen LogP contribution in [0.25, 0.3) is 0 Å². The van der Waals surface area contributed by atoms with Gasteiger partial charge in [-0.1, -0.05) is 12.8 Å². The molecule has 0 spiro atoms. The normalized spacial score (nSPS) is 29.3. The fourth-order valence-corrected chi connectivity index (χ4v) is 4.29. The number of hydrogen-bond acceptors (Lipinski definition) is 5. The fraction of sp³-hybridized carbons (Fsp3) is 0.833. The van der Waals surface area contributed by atoms with E-state index >= 15 is 0 Å². The van der Waals surface area contributed by atoms with Crippen LogP contribution in [-0.4, -0.2) is 81.9 Å². The molecular formula is C18H32N8. The summed E-state index contributed by atoms with van der Waals surface area (Å²) in [5.41, 5.74) is 0. The zero-order valence-corrected chi connectivity index (χ0v) is 16.1. The number of hydrogen-bond donors (Lipinski definition) is 2. The minimum Gasteiger partial charge on any atom is -0.355 e. The van der Waals surface area contributed by atoms with Crippen molar-refractivity contribution in [1.29, 1.82) is 0 Å². The summed E-state index contributed by atoms with van der Waals surface area (Å²) in [6.45, 7) is 9.50. The maximum absolute atomic E-state index is 4.82. The molecule has 3 aliphatic heterocycles. The van der Waals surface area contributed by atoms with Gasteiger partial charge in [-0.3, -0.25) is 9.80 Å². The lowest BCUT2D eigenvalue weighted by Gasteiger charge is -2.47. The van der Waals surface area contributed by atoms with Crippen LogP contribution in [0.4, 0.5) is 0 Å². The van der Waals surface area contributed by atoms with Gasteiger partial charge in [0.15, 0.2) is 11.8 Å². The molecule has 1 atom stereocenters. The molecule has 1 aromatic heterocycles. The van der Waals surface area contributed by atoms with Crippen molar-refractivity contribution in [2.75, 3.05) is 39.3 Å². The van der Waals surface area contributed by atoms with Gasteiger partial charge in [0.1, 0.15) is 12.4 Å². The topological polar surface area (TPSA) is 73.6 Å². The van der Waals surface area contributed by atoms with E-state index < -0.39 is 0 Å². The highest BCUT2D eigenvalue weighted by atomic mass is 15.4. The second-order valence-electron chi connectivity index (χ2n) is 7.88. The third kappa shape index (κ3) is 4.01. The van der Waals surface area contributed by atoms with E-state index in [1.165, 1.54) is 58.4 Å². The first kappa shape index (κ1) is 17.7. The molecule has 4 fully saturated rings. The predicted octanol–water partition coefficient (Wildman–Crippen LogP) is 0.101. The molecule has 5 rings (SSSR count). The summed E-state index contributed by atoms with van der Waals surface area (Å²) in [5.74, 6) is 2.75. The Balaban J connectivity index is 1.38. The van der Waals surface area contributed by atoms with Gasteiger partial charge in [-0.05, 0) is 19.8 Å². The predicted molar refractivity (Wildman–Crippen MR) is 102 cm³/mol. The Hall–Kier alpha value is -1.67. The Morgan fingerprint density at radius 3 is 2.54 bits per heavy atom. The lowest BCUT2D eigenvalue weighted by molar-refractivity contribution is 0.0154. The molecule has 3 saturated heterocycles. The van der Waals surface area contributed by atoms with Crippen molar-refractivity contribution >= 4 is 5.96 Å². The molecule has 0 radical (unpaired) electrons. The number of rotatable bonds is 5. The van der Waals surface area contributed by atoms with Gasteiger partial charge in [-0.25, -0.2) is 4.99 Å². The lowest BCUT2D eigenvalue weighted by Crippen LogP contribution is -2.64. The van der Waals surface area contributed by atoms with Crippen molar-refractivity contribution in [2.24, 2.45) is 12.0 Å². The highest BCUT2D eigenvalue weighted by molar-refractivity contribution is 5.80.